The maximum Gasteiger partial charge on any atom is 0.410 e. The number of hydrogen-bond acceptors (Lipinski definition) is 4. The molecule has 0 spiro atoms. The van der Waals surface area contributed by atoms with Gasteiger partial charge in [0, 0.05) is 38.0 Å². The Morgan fingerprint density at radius 3 is 2.06 bits per heavy atom. The first-order chi connectivity index (χ1) is 17.1. The largest absolute Gasteiger partial charge is 0.448 e. The van der Waals surface area contributed by atoms with Gasteiger partial charge in [-0.1, -0.05) is 72.8 Å². The molecule has 180 valence electrons. The molecule has 1 aliphatic carbocycles. The van der Waals surface area contributed by atoms with E-state index in [4.69, 9.17) is 9.47 Å². The standard InChI is InChI=1S/C30H31NO4/c1-34-18-20-10-12-21(13-11-20)30(33)16-22-14-15-23(17-30)31(22)29(32)35-19-28-26-8-4-2-6-24(26)25-7-3-5-9-27(25)28/h2-13,22-23,28,33H,14-19H2,1H3. The molecule has 3 aromatic carbocycles. The number of methoxy groups -OCH3 is 1. The Hall–Kier alpha value is -3.15. The third-order valence-electron chi connectivity index (χ3n) is 8.12. The highest BCUT2D eigenvalue weighted by Crippen LogP contribution is 2.47. The number of hydrogen-bond donors (Lipinski definition) is 1. The minimum atomic E-state index is -0.919. The summed E-state index contributed by atoms with van der Waals surface area (Å²) in [7, 11) is 1.68. The average molecular weight is 470 g/mol. The van der Waals surface area contributed by atoms with Crippen LogP contribution in [0.15, 0.2) is 72.8 Å². The van der Waals surface area contributed by atoms with Crippen LogP contribution in [0.2, 0.25) is 0 Å². The van der Waals surface area contributed by atoms with Crippen LogP contribution in [-0.4, -0.2) is 41.9 Å². The number of piperidine rings is 1. The summed E-state index contributed by atoms with van der Waals surface area (Å²) in [5.74, 6) is 0.0522. The molecular weight excluding hydrogens is 438 g/mol. The molecule has 5 heteroatoms. The highest BCUT2D eigenvalue weighted by molar-refractivity contribution is 5.79. The van der Waals surface area contributed by atoms with Crippen LogP contribution < -0.4 is 0 Å². The smallest absolute Gasteiger partial charge is 0.410 e. The summed E-state index contributed by atoms with van der Waals surface area (Å²) < 4.78 is 11.2. The van der Waals surface area contributed by atoms with Gasteiger partial charge in [-0.3, -0.25) is 0 Å². The van der Waals surface area contributed by atoms with Crippen molar-refractivity contribution in [2.24, 2.45) is 0 Å². The Morgan fingerprint density at radius 1 is 0.914 bits per heavy atom. The Bertz CT molecular complexity index is 1180. The molecule has 2 heterocycles. The lowest BCUT2D eigenvalue weighted by molar-refractivity contribution is -0.0531. The Labute approximate surface area is 206 Å². The lowest BCUT2D eigenvalue weighted by Gasteiger charge is -2.43. The fraction of sp³-hybridized carbons (Fsp3) is 0.367. The zero-order valence-electron chi connectivity index (χ0n) is 20.0. The summed E-state index contributed by atoms with van der Waals surface area (Å²) in [4.78, 5) is 15.2. The predicted octanol–water partition coefficient (Wildman–Crippen LogP) is 5.60. The SMILES string of the molecule is COCc1ccc(C2(O)CC3CCC(C2)N3C(=O)OCC2c3ccccc3-c3ccccc32)cc1. The first kappa shape index (κ1) is 22.3. The minimum Gasteiger partial charge on any atom is -0.448 e. The predicted molar refractivity (Wildman–Crippen MR) is 134 cm³/mol. The molecule has 1 N–H and O–H groups in total. The number of carbonyl (C=O) groups is 1. The average Bonchev–Trinajstić information content (AvgIpc) is 3.35. The van der Waals surface area contributed by atoms with E-state index >= 15 is 0 Å². The lowest BCUT2D eigenvalue weighted by Crippen LogP contribution is -2.52. The van der Waals surface area contributed by atoms with Gasteiger partial charge in [0.15, 0.2) is 0 Å². The molecule has 2 aliphatic heterocycles. The first-order valence-electron chi connectivity index (χ1n) is 12.5. The van der Waals surface area contributed by atoms with Crippen LogP contribution in [0.25, 0.3) is 11.1 Å². The van der Waals surface area contributed by atoms with Gasteiger partial charge in [0.2, 0.25) is 0 Å². The van der Waals surface area contributed by atoms with Gasteiger partial charge in [-0.25, -0.2) is 4.79 Å². The number of benzene rings is 3. The molecular formula is C30H31NO4. The van der Waals surface area contributed by atoms with Gasteiger partial charge in [0.25, 0.3) is 0 Å². The molecule has 2 fully saturated rings. The summed E-state index contributed by atoms with van der Waals surface area (Å²) in [5.41, 5.74) is 5.97. The van der Waals surface area contributed by atoms with Gasteiger partial charge in [0.05, 0.1) is 12.2 Å². The van der Waals surface area contributed by atoms with Gasteiger partial charge in [0.1, 0.15) is 6.61 Å². The van der Waals surface area contributed by atoms with Gasteiger partial charge >= 0.3 is 6.09 Å². The zero-order chi connectivity index (χ0) is 24.0. The molecule has 1 amide bonds. The molecule has 0 radical (unpaired) electrons. The van der Waals surface area contributed by atoms with Crippen LogP contribution in [0.3, 0.4) is 0 Å². The van der Waals surface area contributed by atoms with Crippen LogP contribution in [0.4, 0.5) is 4.79 Å². The van der Waals surface area contributed by atoms with E-state index in [1.165, 1.54) is 22.3 Å². The fourth-order valence-corrected chi connectivity index (χ4v) is 6.51. The van der Waals surface area contributed by atoms with Crippen LogP contribution >= 0.6 is 0 Å². The van der Waals surface area contributed by atoms with Crippen LogP contribution in [0, 0.1) is 0 Å². The van der Waals surface area contributed by atoms with Crippen molar-refractivity contribution >= 4 is 6.09 Å². The van der Waals surface area contributed by atoms with Crippen molar-refractivity contribution in [1.29, 1.82) is 0 Å². The summed E-state index contributed by atoms with van der Waals surface area (Å²) in [6, 6.07) is 24.8. The molecule has 0 aromatic heterocycles. The van der Waals surface area contributed by atoms with Gasteiger partial charge in [-0.15, -0.1) is 0 Å². The molecule has 5 nitrogen and oxygen atoms in total. The fourth-order valence-electron chi connectivity index (χ4n) is 6.51. The zero-order valence-corrected chi connectivity index (χ0v) is 20.0. The number of carbonyl (C=O) groups excluding carboxylic acids is 1. The Balaban J connectivity index is 1.16. The van der Waals surface area contributed by atoms with E-state index < -0.39 is 5.60 Å². The third-order valence-corrected chi connectivity index (χ3v) is 8.12. The van der Waals surface area contributed by atoms with E-state index in [1.54, 1.807) is 7.11 Å². The second-order valence-corrected chi connectivity index (χ2v) is 10.2. The van der Waals surface area contributed by atoms with E-state index in [2.05, 4.69) is 36.4 Å². The highest BCUT2D eigenvalue weighted by Gasteiger charge is 2.50. The van der Waals surface area contributed by atoms with Crippen molar-refractivity contribution in [2.45, 2.75) is 55.9 Å². The minimum absolute atomic E-state index is 0.00643. The molecule has 2 unspecified atom stereocenters. The topological polar surface area (TPSA) is 59.0 Å². The number of aliphatic hydroxyl groups is 1. The molecule has 3 aromatic rings. The monoisotopic (exact) mass is 469 g/mol. The van der Waals surface area contributed by atoms with E-state index in [0.717, 1.165) is 24.0 Å². The van der Waals surface area contributed by atoms with Crippen molar-refractivity contribution in [1.82, 2.24) is 4.90 Å². The third kappa shape index (κ3) is 3.83. The maximum absolute atomic E-state index is 13.3. The van der Waals surface area contributed by atoms with Crippen LogP contribution in [0.5, 0.6) is 0 Å². The van der Waals surface area contributed by atoms with E-state index in [9.17, 15) is 9.90 Å². The first-order valence-corrected chi connectivity index (χ1v) is 12.5. The van der Waals surface area contributed by atoms with Gasteiger partial charge in [-0.05, 0) is 46.2 Å². The normalized spacial score (nSPS) is 24.8. The van der Waals surface area contributed by atoms with Crippen molar-refractivity contribution < 1.29 is 19.4 Å². The van der Waals surface area contributed by atoms with Crippen molar-refractivity contribution in [2.75, 3.05) is 13.7 Å². The number of nitrogens with zero attached hydrogens (tertiary/aromatic N) is 1. The molecule has 0 saturated carbocycles. The van der Waals surface area contributed by atoms with Crippen LogP contribution in [0.1, 0.15) is 53.9 Å². The number of ether oxygens (including phenoxy) is 2. The van der Waals surface area contributed by atoms with Crippen molar-refractivity contribution in [3.63, 3.8) is 0 Å². The van der Waals surface area contributed by atoms with Gasteiger partial charge in [-0.2, -0.15) is 0 Å². The maximum atomic E-state index is 13.3. The van der Waals surface area contributed by atoms with Crippen LogP contribution in [-0.2, 0) is 21.7 Å². The van der Waals surface area contributed by atoms with E-state index in [-0.39, 0.29) is 24.1 Å². The summed E-state index contributed by atoms with van der Waals surface area (Å²) in [6.45, 7) is 0.882. The van der Waals surface area contributed by atoms with E-state index in [0.29, 0.717) is 26.1 Å². The molecule has 2 saturated heterocycles. The summed E-state index contributed by atoms with van der Waals surface area (Å²) in [5, 5.41) is 11.6. The Kier molecular flexibility index (Phi) is 5.62. The molecule has 2 atom stereocenters. The summed E-state index contributed by atoms with van der Waals surface area (Å²) >= 11 is 0. The Morgan fingerprint density at radius 2 is 1.49 bits per heavy atom. The second kappa shape index (κ2) is 8.81. The summed E-state index contributed by atoms with van der Waals surface area (Å²) in [6.07, 6.45) is 2.63. The molecule has 3 aliphatic rings. The molecule has 35 heavy (non-hydrogen) atoms. The quantitative estimate of drug-likeness (QED) is 0.529. The highest BCUT2D eigenvalue weighted by atomic mass is 16.6. The lowest BCUT2D eigenvalue weighted by atomic mass is 9.80. The van der Waals surface area contributed by atoms with E-state index in [1.807, 2.05) is 41.3 Å². The molecule has 2 bridgehead atoms. The van der Waals surface area contributed by atoms with Gasteiger partial charge < -0.3 is 19.5 Å². The number of rotatable bonds is 5. The van der Waals surface area contributed by atoms with Crippen molar-refractivity contribution in [3.05, 3.63) is 95.1 Å². The molecule has 6 rings (SSSR count). The van der Waals surface area contributed by atoms with Crippen molar-refractivity contribution in [3.8, 4) is 11.1 Å². The number of fused-ring (bicyclic) bond motifs is 5. The second-order valence-electron chi connectivity index (χ2n) is 10.2. The number of amides is 1.